The molecule has 1 aromatic heterocycles. The number of aromatic nitrogens is 1. The van der Waals surface area contributed by atoms with E-state index in [1.165, 1.54) is 5.56 Å². The Balaban J connectivity index is 1.93. The smallest absolute Gasteiger partial charge is 0.157 e. The van der Waals surface area contributed by atoms with Gasteiger partial charge >= 0.3 is 0 Å². The molecule has 0 unspecified atom stereocenters. The van der Waals surface area contributed by atoms with Gasteiger partial charge in [0.25, 0.3) is 0 Å². The van der Waals surface area contributed by atoms with Gasteiger partial charge in [-0.3, -0.25) is 0 Å². The molecule has 0 radical (unpaired) electrons. The Labute approximate surface area is 135 Å². The Morgan fingerprint density at radius 2 is 1.43 bits per heavy atom. The van der Waals surface area contributed by atoms with Crippen molar-refractivity contribution in [2.45, 2.75) is 12.0 Å². The first-order valence-electron chi connectivity index (χ1n) is 7.86. The maximum absolute atomic E-state index is 11.7. The molecule has 0 bridgehead atoms. The van der Waals surface area contributed by atoms with Crippen LogP contribution in [0, 0.1) is 0 Å². The summed E-state index contributed by atoms with van der Waals surface area (Å²) in [4.78, 5) is 4.72. The van der Waals surface area contributed by atoms with Gasteiger partial charge in [0.1, 0.15) is 5.82 Å². The summed E-state index contributed by atoms with van der Waals surface area (Å²) < 4.78 is 0. The number of benzene rings is 2. The van der Waals surface area contributed by atoms with Gasteiger partial charge in [-0.1, -0.05) is 66.7 Å². The number of nitrogens with one attached hydrogen (secondary N) is 1. The normalized spacial score (nSPS) is 13.4. The van der Waals surface area contributed by atoms with E-state index in [9.17, 15) is 5.11 Å². The van der Waals surface area contributed by atoms with Gasteiger partial charge in [0.15, 0.2) is 5.60 Å². The van der Waals surface area contributed by atoms with Gasteiger partial charge in [-0.2, -0.15) is 0 Å². The summed E-state index contributed by atoms with van der Waals surface area (Å²) in [5, 5.41) is 15.0. The number of anilines is 1. The van der Waals surface area contributed by atoms with Crippen LogP contribution in [0.5, 0.6) is 0 Å². The van der Waals surface area contributed by atoms with Gasteiger partial charge < -0.3 is 10.4 Å². The van der Waals surface area contributed by atoms with Gasteiger partial charge in [-0.25, -0.2) is 4.98 Å². The average Bonchev–Trinajstić information content (AvgIpc) is 3.10. The minimum Gasteiger partial charge on any atom is -0.374 e. The third-order valence-electron chi connectivity index (χ3n) is 4.42. The lowest BCUT2D eigenvalue weighted by Crippen LogP contribution is -2.30. The summed E-state index contributed by atoms with van der Waals surface area (Å²) in [7, 11) is 0. The molecule has 0 aliphatic carbocycles. The van der Waals surface area contributed by atoms with E-state index in [-0.39, 0.29) is 0 Å². The maximum atomic E-state index is 11.7. The Bertz CT molecular complexity index is 776. The Hall–Kier alpha value is -2.65. The lowest BCUT2D eigenvalue weighted by molar-refractivity contribution is 0.121. The molecule has 3 heteroatoms. The number of fused-ring (bicyclic) bond motifs is 1. The Morgan fingerprint density at radius 1 is 0.826 bits per heavy atom. The third-order valence-corrected chi connectivity index (χ3v) is 4.42. The predicted molar refractivity (Wildman–Crippen MR) is 91.4 cm³/mol. The minimum atomic E-state index is -1.26. The van der Waals surface area contributed by atoms with Crippen molar-refractivity contribution in [3.8, 4) is 0 Å². The van der Waals surface area contributed by atoms with Crippen molar-refractivity contribution in [1.29, 1.82) is 0 Å². The highest BCUT2D eigenvalue weighted by Gasteiger charge is 2.35. The summed E-state index contributed by atoms with van der Waals surface area (Å²) in [5.74, 6) is 0.882. The van der Waals surface area contributed by atoms with Gasteiger partial charge in [-0.15, -0.1) is 0 Å². The van der Waals surface area contributed by atoms with Crippen LogP contribution < -0.4 is 5.32 Å². The molecule has 1 aliphatic rings. The van der Waals surface area contributed by atoms with E-state index in [4.69, 9.17) is 4.98 Å². The molecule has 23 heavy (non-hydrogen) atoms. The van der Waals surface area contributed by atoms with Gasteiger partial charge in [0, 0.05) is 6.54 Å². The molecular formula is C20H18N2O. The van der Waals surface area contributed by atoms with Crippen LogP contribution in [0.4, 0.5) is 5.82 Å². The van der Waals surface area contributed by atoms with Crippen LogP contribution in [0.3, 0.4) is 0 Å². The second kappa shape index (κ2) is 5.52. The average molecular weight is 302 g/mol. The van der Waals surface area contributed by atoms with Crippen molar-refractivity contribution in [1.82, 2.24) is 4.98 Å². The number of rotatable bonds is 3. The molecular weight excluding hydrogens is 284 g/mol. The Morgan fingerprint density at radius 3 is 2.04 bits per heavy atom. The molecule has 114 valence electrons. The quantitative estimate of drug-likeness (QED) is 0.780. The second-order valence-corrected chi connectivity index (χ2v) is 5.82. The fraction of sp³-hybridized carbons (Fsp3) is 0.150. The van der Waals surface area contributed by atoms with Crippen molar-refractivity contribution in [2.24, 2.45) is 0 Å². The molecule has 0 saturated heterocycles. The molecule has 0 saturated carbocycles. The van der Waals surface area contributed by atoms with Crippen LogP contribution in [0.1, 0.15) is 22.4 Å². The fourth-order valence-electron chi connectivity index (χ4n) is 3.18. The van der Waals surface area contributed by atoms with Crippen molar-refractivity contribution >= 4 is 5.82 Å². The highest BCUT2D eigenvalue weighted by atomic mass is 16.3. The van der Waals surface area contributed by atoms with E-state index >= 15 is 0 Å². The highest BCUT2D eigenvalue weighted by molar-refractivity contribution is 5.53. The van der Waals surface area contributed by atoms with E-state index in [2.05, 4.69) is 11.4 Å². The summed E-state index contributed by atoms with van der Waals surface area (Å²) in [6.07, 6.45) is 0.984. The molecule has 1 aliphatic heterocycles. The summed E-state index contributed by atoms with van der Waals surface area (Å²) in [6.45, 7) is 0.904. The molecule has 0 spiro atoms. The van der Waals surface area contributed by atoms with Gasteiger partial charge in [0.05, 0.1) is 5.69 Å². The first-order valence-corrected chi connectivity index (χ1v) is 7.86. The predicted octanol–water partition coefficient (Wildman–Crippen LogP) is 3.33. The lowest BCUT2D eigenvalue weighted by atomic mass is 9.83. The highest BCUT2D eigenvalue weighted by Crippen LogP contribution is 2.36. The van der Waals surface area contributed by atoms with Crippen LogP contribution in [-0.4, -0.2) is 16.6 Å². The molecule has 0 fully saturated rings. The van der Waals surface area contributed by atoms with Crippen molar-refractivity contribution in [3.63, 3.8) is 0 Å². The van der Waals surface area contributed by atoms with Crippen molar-refractivity contribution in [3.05, 3.63) is 95.2 Å². The summed E-state index contributed by atoms with van der Waals surface area (Å²) in [6, 6.07) is 23.4. The Kier molecular flexibility index (Phi) is 3.36. The molecule has 2 N–H and O–H groups in total. The minimum absolute atomic E-state index is 0.642. The number of nitrogens with zero attached hydrogens (tertiary/aromatic N) is 1. The molecule has 0 atom stereocenters. The first kappa shape index (κ1) is 14.0. The van der Waals surface area contributed by atoms with E-state index in [0.717, 1.165) is 29.9 Å². The summed E-state index contributed by atoms with van der Waals surface area (Å²) in [5.41, 5.74) is 2.22. The molecule has 3 nitrogen and oxygen atoms in total. The van der Waals surface area contributed by atoms with Crippen LogP contribution in [0.25, 0.3) is 0 Å². The summed E-state index contributed by atoms with van der Waals surface area (Å²) >= 11 is 0. The van der Waals surface area contributed by atoms with Crippen LogP contribution in [0.15, 0.2) is 72.8 Å². The molecule has 2 aromatic carbocycles. The van der Waals surface area contributed by atoms with E-state index in [1.807, 2.05) is 66.7 Å². The zero-order chi connectivity index (χ0) is 15.7. The van der Waals surface area contributed by atoms with E-state index < -0.39 is 5.60 Å². The van der Waals surface area contributed by atoms with Crippen LogP contribution >= 0.6 is 0 Å². The van der Waals surface area contributed by atoms with Crippen molar-refractivity contribution < 1.29 is 5.11 Å². The number of pyridine rings is 1. The monoisotopic (exact) mass is 302 g/mol. The lowest BCUT2D eigenvalue weighted by Gasteiger charge is -2.29. The number of hydrogen-bond donors (Lipinski definition) is 2. The SMILES string of the molecule is OC(c1ccccc1)(c1ccccc1)c1ccc2c(n1)NCC2. The number of hydrogen-bond acceptors (Lipinski definition) is 3. The zero-order valence-electron chi connectivity index (χ0n) is 12.7. The van der Waals surface area contributed by atoms with Gasteiger partial charge in [0.2, 0.25) is 0 Å². The topological polar surface area (TPSA) is 45.2 Å². The van der Waals surface area contributed by atoms with Crippen LogP contribution in [0.2, 0.25) is 0 Å². The molecule has 3 aromatic rings. The van der Waals surface area contributed by atoms with Gasteiger partial charge in [-0.05, 0) is 29.2 Å². The van der Waals surface area contributed by atoms with E-state index in [0.29, 0.717) is 5.69 Å². The largest absolute Gasteiger partial charge is 0.374 e. The van der Waals surface area contributed by atoms with E-state index in [1.54, 1.807) is 0 Å². The standard InChI is InChI=1S/C20H18N2O/c23-20(16-7-3-1-4-8-16,17-9-5-2-6-10-17)18-12-11-15-13-14-21-19(15)22-18/h1-12,23H,13-14H2,(H,21,22). The first-order chi connectivity index (χ1) is 11.3. The molecule has 2 heterocycles. The molecule has 4 rings (SSSR count). The zero-order valence-corrected chi connectivity index (χ0v) is 12.7. The third kappa shape index (κ3) is 2.30. The fourth-order valence-corrected chi connectivity index (χ4v) is 3.18. The second-order valence-electron chi connectivity index (χ2n) is 5.82. The molecule has 0 amide bonds. The van der Waals surface area contributed by atoms with Crippen molar-refractivity contribution in [2.75, 3.05) is 11.9 Å². The van der Waals surface area contributed by atoms with Crippen LogP contribution in [-0.2, 0) is 12.0 Å². The number of aliphatic hydroxyl groups is 1. The maximum Gasteiger partial charge on any atom is 0.157 e.